The SMILES string of the molecule is Brc1ccccc1Nc1cnnc(N2CCCC2)n1. The van der Waals surface area contributed by atoms with Crippen LogP contribution in [0.3, 0.4) is 0 Å². The van der Waals surface area contributed by atoms with Crippen LogP contribution in [0.5, 0.6) is 0 Å². The standard InChI is InChI=1S/C13H14BrN5/c14-10-5-1-2-6-11(10)16-12-9-15-18-13(17-12)19-7-3-4-8-19/h1-2,5-6,9H,3-4,7-8H2,(H,16,17,18). The fraction of sp³-hybridized carbons (Fsp3) is 0.308. The van der Waals surface area contributed by atoms with Gasteiger partial charge in [-0.3, -0.25) is 0 Å². The molecule has 1 aliphatic heterocycles. The maximum Gasteiger partial charge on any atom is 0.247 e. The Kier molecular flexibility index (Phi) is 3.59. The van der Waals surface area contributed by atoms with Gasteiger partial charge in [-0.1, -0.05) is 12.1 Å². The Morgan fingerprint density at radius 2 is 1.95 bits per heavy atom. The molecule has 1 fully saturated rings. The van der Waals surface area contributed by atoms with Gasteiger partial charge in [-0.25, -0.2) is 0 Å². The maximum atomic E-state index is 4.51. The van der Waals surface area contributed by atoms with Crippen molar-refractivity contribution in [2.75, 3.05) is 23.3 Å². The first-order valence-electron chi connectivity index (χ1n) is 6.29. The molecule has 1 N–H and O–H groups in total. The summed E-state index contributed by atoms with van der Waals surface area (Å²) in [6, 6.07) is 7.92. The number of hydrogen-bond donors (Lipinski definition) is 1. The summed E-state index contributed by atoms with van der Waals surface area (Å²) in [4.78, 5) is 6.68. The minimum Gasteiger partial charge on any atom is -0.339 e. The smallest absolute Gasteiger partial charge is 0.247 e. The van der Waals surface area contributed by atoms with E-state index in [1.54, 1.807) is 6.20 Å². The Morgan fingerprint density at radius 3 is 2.74 bits per heavy atom. The van der Waals surface area contributed by atoms with Crippen molar-refractivity contribution in [3.63, 3.8) is 0 Å². The van der Waals surface area contributed by atoms with Gasteiger partial charge in [0, 0.05) is 17.6 Å². The van der Waals surface area contributed by atoms with Crippen molar-refractivity contribution in [3.8, 4) is 0 Å². The minimum absolute atomic E-state index is 0.703. The first-order valence-corrected chi connectivity index (χ1v) is 7.08. The minimum atomic E-state index is 0.703. The van der Waals surface area contributed by atoms with E-state index in [1.165, 1.54) is 12.8 Å². The van der Waals surface area contributed by atoms with Crippen LogP contribution in [0.1, 0.15) is 12.8 Å². The highest BCUT2D eigenvalue weighted by atomic mass is 79.9. The van der Waals surface area contributed by atoms with Crippen molar-refractivity contribution in [1.29, 1.82) is 0 Å². The van der Waals surface area contributed by atoms with Crippen LogP contribution in [-0.2, 0) is 0 Å². The van der Waals surface area contributed by atoms with Gasteiger partial charge in [0.15, 0.2) is 5.82 Å². The van der Waals surface area contributed by atoms with E-state index in [1.807, 2.05) is 24.3 Å². The summed E-state index contributed by atoms with van der Waals surface area (Å²) in [5.74, 6) is 1.42. The first kappa shape index (κ1) is 12.3. The van der Waals surface area contributed by atoms with Gasteiger partial charge >= 0.3 is 0 Å². The monoisotopic (exact) mass is 319 g/mol. The van der Waals surface area contributed by atoms with Crippen LogP contribution in [-0.4, -0.2) is 28.3 Å². The molecule has 3 rings (SSSR count). The van der Waals surface area contributed by atoms with Gasteiger partial charge in [-0.2, -0.15) is 10.1 Å². The molecule has 0 spiro atoms. The second kappa shape index (κ2) is 5.52. The molecule has 0 atom stereocenters. The Hall–Kier alpha value is -1.69. The van der Waals surface area contributed by atoms with Crippen molar-refractivity contribution >= 4 is 33.4 Å². The van der Waals surface area contributed by atoms with Gasteiger partial charge in [0.2, 0.25) is 5.95 Å². The van der Waals surface area contributed by atoms with Crippen molar-refractivity contribution in [2.24, 2.45) is 0 Å². The molecule has 2 heterocycles. The van der Waals surface area contributed by atoms with Crippen LogP contribution in [0.2, 0.25) is 0 Å². The average molecular weight is 320 g/mol. The van der Waals surface area contributed by atoms with Crippen LogP contribution < -0.4 is 10.2 Å². The summed E-state index contributed by atoms with van der Waals surface area (Å²) in [6.45, 7) is 2.03. The normalized spacial score (nSPS) is 14.7. The number of rotatable bonds is 3. The number of nitrogens with one attached hydrogen (secondary N) is 1. The molecule has 1 saturated heterocycles. The molecular weight excluding hydrogens is 306 g/mol. The molecule has 0 amide bonds. The zero-order chi connectivity index (χ0) is 13.1. The van der Waals surface area contributed by atoms with E-state index >= 15 is 0 Å². The molecule has 1 aliphatic rings. The zero-order valence-electron chi connectivity index (χ0n) is 10.4. The molecule has 1 aromatic heterocycles. The lowest BCUT2D eigenvalue weighted by molar-refractivity contribution is 0.852. The van der Waals surface area contributed by atoms with Crippen LogP contribution in [0, 0.1) is 0 Å². The number of para-hydroxylation sites is 1. The summed E-state index contributed by atoms with van der Waals surface area (Å²) in [6.07, 6.45) is 4.04. The number of benzene rings is 1. The van der Waals surface area contributed by atoms with Crippen LogP contribution in [0.25, 0.3) is 0 Å². The van der Waals surface area contributed by atoms with Crippen molar-refractivity contribution in [3.05, 3.63) is 34.9 Å². The van der Waals surface area contributed by atoms with E-state index < -0.39 is 0 Å². The molecule has 2 aromatic rings. The number of halogens is 1. The summed E-state index contributed by atoms with van der Waals surface area (Å²) in [5, 5.41) is 11.4. The molecule has 0 bridgehead atoms. The molecule has 1 aromatic carbocycles. The quantitative estimate of drug-likeness (QED) is 0.942. The van der Waals surface area contributed by atoms with Crippen LogP contribution in [0.4, 0.5) is 17.5 Å². The van der Waals surface area contributed by atoms with E-state index in [9.17, 15) is 0 Å². The number of anilines is 3. The first-order chi connectivity index (χ1) is 9.33. The summed E-state index contributed by atoms with van der Waals surface area (Å²) in [7, 11) is 0. The van der Waals surface area contributed by atoms with Crippen LogP contribution >= 0.6 is 15.9 Å². The van der Waals surface area contributed by atoms with Gasteiger partial charge in [0.1, 0.15) is 0 Å². The van der Waals surface area contributed by atoms with Gasteiger partial charge in [0.25, 0.3) is 0 Å². The van der Waals surface area contributed by atoms with Crippen LogP contribution in [0.15, 0.2) is 34.9 Å². The predicted octanol–water partition coefficient (Wildman–Crippen LogP) is 2.98. The van der Waals surface area contributed by atoms with Gasteiger partial charge < -0.3 is 10.2 Å². The molecule has 0 aliphatic carbocycles. The highest BCUT2D eigenvalue weighted by molar-refractivity contribution is 9.10. The lowest BCUT2D eigenvalue weighted by Crippen LogP contribution is -2.21. The summed E-state index contributed by atoms with van der Waals surface area (Å²) < 4.78 is 0.997. The topological polar surface area (TPSA) is 53.9 Å². The Balaban J connectivity index is 1.81. The highest BCUT2D eigenvalue weighted by Crippen LogP contribution is 2.25. The predicted molar refractivity (Wildman–Crippen MR) is 78.7 cm³/mol. The largest absolute Gasteiger partial charge is 0.339 e. The molecule has 19 heavy (non-hydrogen) atoms. The molecule has 6 heteroatoms. The van der Waals surface area contributed by atoms with E-state index in [-0.39, 0.29) is 0 Å². The number of aromatic nitrogens is 3. The highest BCUT2D eigenvalue weighted by Gasteiger charge is 2.15. The molecular formula is C13H14BrN5. The Morgan fingerprint density at radius 1 is 1.16 bits per heavy atom. The van der Waals surface area contributed by atoms with Gasteiger partial charge in [-0.05, 0) is 40.9 Å². The van der Waals surface area contributed by atoms with Gasteiger partial charge in [0.05, 0.1) is 11.9 Å². The molecule has 0 saturated carbocycles. The third kappa shape index (κ3) is 2.84. The average Bonchev–Trinajstić information content (AvgIpc) is 2.96. The molecule has 0 radical (unpaired) electrons. The van der Waals surface area contributed by atoms with Crippen molar-refractivity contribution < 1.29 is 0 Å². The number of nitrogens with zero attached hydrogens (tertiary/aromatic N) is 4. The third-order valence-corrected chi connectivity index (χ3v) is 3.76. The lowest BCUT2D eigenvalue weighted by Gasteiger charge is -2.15. The van der Waals surface area contributed by atoms with Crippen molar-refractivity contribution in [2.45, 2.75) is 12.8 Å². The molecule has 5 nitrogen and oxygen atoms in total. The third-order valence-electron chi connectivity index (χ3n) is 3.07. The summed E-state index contributed by atoms with van der Waals surface area (Å²) in [5.41, 5.74) is 0.968. The maximum absolute atomic E-state index is 4.51. The second-order valence-electron chi connectivity index (χ2n) is 4.44. The van der Waals surface area contributed by atoms with E-state index in [0.717, 1.165) is 23.2 Å². The molecule has 98 valence electrons. The lowest BCUT2D eigenvalue weighted by atomic mass is 10.3. The van der Waals surface area contributed by atoms with E-state index in [0.29, 0.717) is 11.8 Å². The Bertz CT molecular complexity index is 568. The van der Waals surface area contributed by atoms with E-state index in [4.69, 9.17) is 0 Å². The Labute approximate surface area is 120 Å². The number of hydrogen-bond acceptors (Lipinski definition) is 5. The fourth-order valence-electron chi connectivity index (χ4n) is 2.11. The van der Waals surface area contributed by atoms with Crippen molar-refractivity contribution in [1.82, 2.24) is 15.2 Å². The van der Waals surface area contributed by atoms with Gasteiger partial charge in [-0.15, -0.1) is 5.10 Å². The summed E-state index contributed by atoms with van der Waals surface area (Å²) >= 11 is 3.50. The fourth-order valence-corrected chi connectivity index (χ4v) is 2.49. The zero-order valence-corrected chi connectivity index (χ0v) is 12.0. The second-order valence-corrected chi connectivity index (χ2v) is 5.29. The molecule has 0 unspecified atom stereocenters. The van der Waals surface area contributed by atoms with E-state index in [2.05, 4.69) is 41.3 Å².